The smallest absolute Gasteiger partial charge is 0.139 e. The van der Waals surface area contributed by atoms with Crippen molar-refractivity contribution in [1.29, 1.82) is 0 Å². The lowest BCUT2D eigenvalue weighted by molar-refractivity contribution is 0.125. The molecule has 1 atom stereocenters. The van der Waals surface area contributed by atoms with Crippen LogP contribution in [0.25, 0.3) is 0 Å². The first-order valence-corrected chi connectivity index (χ1v) is 6.81. The molecular formula is C14H23N3O. The highest BCUT2D eigenvalue weighted by Crippen LogP contribution is 2.19. The highest BCUT2D eigenvalue weighted by molar-refractivity contribution is 5.44. The molecule has 0 bridgehead atoms. The molecule has 1 aliphatic heterocycles. The average molecular weight is 249 g/mol. The van der Waals surface area contributed by atoms with Crippen molar-refractivity contribution in [3.63, 3.8) is 0 Å². The van der Waals surface area contributed by atoms with E-state index in [1.165, 1.54) is 25.8 Å². The van der Waals surface area contributed by atoms with E-state index in [2.05, 4.69) is 29.2 Å². The van der Waals surface area contributed by atoms with Gasteiger partial charge in [-0.05, 0) is 33.4 Å². The van der Waals surface area contributed by atoms with Gasteiger partial charge < -0.3 is 15.0 Å². The molecule has 0 aliphatic carbocycles. The van der Waals surface area contributed by atoms with E-state index < -0.39 is 0 Å². The molecule has 1 saturated heterocycles. The summed E-state index contributed by atoms with van der Waals surface area (Å²) in [5, 5.41) is 3.24. The normalized spacial score (nSPS) is 20.7. The minimum atomic E-state index is 0.543. The predicted octanol–water partition coefficient (Wildman–Crippen LogP) is 2.38. The largest absolute Gasteiger partial charge is 0.490 e. The Balaban J connectivity index is 1.87. The average Bonchev–Trinajstić information content (AvgIpc) is 2.39. The lowest BCUT2D eigenvalue weighted by Gasteiger charge is -2.32. The van der Waals surface area contributed by atoms with Gasteiger partial charge in [-0.2, -0.15) is 0 Å². The molecule has 0 amide bonds. The molecule has 1 N–H and O–H groups in total. The zero-order valence-corrected chi connectivity index (χ0v) is 11.4. The topological polar surface area (TPSA) is 37.4 Å². The fraction of sp³-hybridized carbons (Fsp3) is 0.643. The standard InChI is InChI=1S/C14H23N3O/c1-3-16-12-8-14(10-15-9-12)18-11-13-6-4-5-7-17(13)2/h8-10,13,16H,3-7,11H2,1-2H3. The number of likely N-dealkylation sites (tertiary alicyclic amines) is 1. The molecule has 0 saturated carbocycles. The molecule has 1 aromatic heterocycles. The Morgan fingerprint density at radius 2 is 2.33 bits per heavy atom. The van der Waals surface area contributed by atoms with Gasteiger partial charge in [0.1, 0.15) is 12.4 Å². The van der Waals surface area contributed by atoms with Gasteiger partial charge in [0.2, 0.25) is 0 Å². The van der Waals surface area contributed by atoms with Gasteiger partial charge in [-0.1, -0.05) is 6.42 Å². The van der Waals surface area contributed by atoms with E-state index in [-0.39, 0.29) is 0 Å². The van der Waals surface area contributed by atoms with E-state index in [0.717, 1.165) is 24.6 Å². The fourth-order valence-corrected chi connectivity index (χ4v) is 2.35. The summed E-state index contributed by atoms with van der Waals surface area (Å²) in [7, 11) is 2.18. The highest BCUT2D eigenvalue weighted by atomic mass is 16.5. The highest BCUT2D eigenvalue weighted by Gasteiger charge is 2.19. The van der Waals surface area contributed by atoms with Crippen molar-refractivity contribution in [1.82, 2.24) is 9.88 Å². The number of nitrogens with zero attached hydrogens (tertiary/aromatic N) is 2. The number of hydrogen-bond donors (Lipinski definition) is 1. The molecule has 0 spiro atoms. The Hall–Kier alpha value is -1.29. The summed E-state index contributed by atoms with van der Waals surface area (Å²) in [6.45, 7) is 4.92. The van der Waals surface area contributed by atoms with E-state index in [4.69, 9.17) is 4.74 Å². The Kier molecular flexibility index (Phi) is 4.81. The van der Waals surface area contributed by atoms with Gasteiger partial charge >= 0.3 is 0 Å². The molecule has 0 aromatic carbocycles. The van der Waals surface area contributed by atoms with Crippen LogP contribution >= 0.6 is 0 Å². The zero-order valence-electron chi connectivity index (χ0n) is 11.4. The predicted molar refractivity (Wildman–Crippen MR) is 74.2 cm³/mol. The van der Waals surface area contributed by atoms with E-state index >= 15 is 0 Å². The number of likely N-dealkylation sites (N-methyl/N-ethyl adjacent to an activating group) is 1. The minimum absolute atomic E-state index is 0.543. The van der Waals surface area contributed by atoms with Gasteiger partial charge in [-0.25, -0.2) is 0 Å². The lowest BCUT2D eigenvalue weighted by atomic mass is 10.0. The van der Waals surface area contributed by atoms with Gasteiger partial charge in [-0.15, -0.1) is 0 Å². The molecule has 18 heavy (non-hydrogen) atoms. The summed E-state index contributed by atoms with van der Waals surface area (Å²) in [4.78, 5) is 6.58. The molecule has 1 aliphatic rings. The molecule has 4 heteroatoms. The Morgan fingerprint density at radius 1 is 1.44 bits per heavy atom. The molecule has 1 fully saturated rings. The monoisotopic (exact) mass is 249 g/mol. The molecular weight excluding hydrogens is 226 g/mol. The molecule has 100 valence electrons. The Morgan fingerprint density at radius 3 is 3.11 bits per heavy atom. The lowest BCUT2D eigenvalue weighted by Crippen LogP contribution is -2.40. The summed E-state index contributed by atoms with van der Waals surface area (Å²) < 4.78 is 5.86. The van der Waals surface area contributed by atoms with Crippen LogP contribution in [0.5, 0.6) is 5.75 Å². The van der Waals surface area contributed by atoms with Crippen molar-refractivity contribution in [2.24, 2.45) is 0 Å². The molecule has 1 aromatic rings. The number of piperidine rings is 1. The third kappa shape index (κ3) is 3.60. The summed E-state index contributed by atoms with van der Waals surface area (Å²) in [6.07, 6.45) is 7.46. The second-order valence-electron chi connectivity index (χ2n) is 4.88. The summed E-state index contributed by atoms with van der Waals surface area (Å²) >= 11 is 0. The minimum Gasteiger partial charge on any atom is -0.490 e. The third-order valence-electron chi connectivity index (χ3n) is 3.46. The first-order chi connectivity index (χ1) is 8.79. The number of ether oxygens (including phenoxy) is 1. The molecule has 0 radical (unpaired) electrons. The van der Waals surface area contributed by atoms with Crippen LogP contribution in [-0.2, 0) is 0 Å². The quantitative estimate of drug-likeness (QED) is 0.869. The van der Waals surface area contributed by atoms with Crippen LogP contribution in [0.4, 0.5) is 5.69 Å². The molecule has 2 heterocycles. The maximum absolute atomic E-state index is 5.86. The van der Waals surface area contributed by atoms with Gasteiger partial charge in [0.05, 0.1) is 18.1 Å². The van der Waals surface area contributed by atoms with Gasteiger partial charge in [0.15, 0.2) is 0 Å². The molecule has 2 rings (SSSR count). The Bertz CT molecular complexity index is 370. The van der Waals surface area contributed by atoms with Crippen molar-refractivity contribution in [3.8, 4) is 5.75 Å². The number of nitrogens with one attached hydrogen (secondary N) is 1. The number of rotatable bonds is 5. The van der Waals surface area contributed by atoms with Crippen molar-refractivity contribution < 1.29 is 4.74 Å². The van der Waals surface area contributed by atoms with Crippen LogP contribution in [0, 0.1) is 0 Å². The second kappa shape index (κ2) is 6.59. The number of pyridine rings is 1. The van der Waals surface area contributed by atoms with Crippen LogP contribution < -0.4 is 10.1 Å². The van der Waals surface area contributed by atoms with Crippen LogP contribution in [0.15, 0.2) is 18.5 Å². The third-order valence-corrected chi connectivity index (χ3v) is 3.46. The number of anilines is 1. The van der Waals surface area contributed by atoms with Crippen LogP contribution in [0.1, 0.15) is 26.2 Å². The van der Waals surface area contributed by atoms with Crippen molar-refractivity contribution in [2.45, 2.75) is 32.2 Å². The van der Waals surface area contributed by atoms with Gasteiger partial charge in [0, 0.05) is 18.7 Å². The fourth-order valence-electron chi connectivity index (χ4n) is 2.35. The molecule has 4 nitrogen and oxygen atoms in total. The first kappa shape index (κ1) is 13.1. The second-order valence-corrected chi connectivity index (χ2v) is 4.88. The van der Waals surface area contributed by atoms with Crippen LogP contribution in [0.2, 0.25) is 0 Å². The van der Waals surface area contributed by atoms with Crippen LogP contribution in [0.3, 0.4) is 0 Å². The van der Waals surface area contributed by atoms with Crippen molar-refractivity contribution >= 4 is 5.69 Å². The van der Waals surface area contributed by atoms with Gasteiger partial charge in [0.25, 0.3) is 0 Å². The van der Waals surface area contributed by atoms with E-state index in [0.29, 0.717) is 6.04 Å². The maximum atomic E-state index is 5.86. The van der Waals surface area contributed by atoms with Crippen molar-refractivity contribution in [3.05, 3.63) is 18.5 Å². The SMILES string of the molecule is CCNc1cncc(OCC2CCCCN2C)c1. The molecule has 1 unspecified atom stereocenters. The van der Waals surface area contributed by atoms with E-state index in [1.807, 2.05) is 12.3 Å². The van der Waals surface area contributed by atoms with E-state index in [9.17, 15) is 0 Å². The summed E-state index contributed by atoms with van der Waals surface area (Å²) in [5.41, 5.74) is 1.02. The summed E-state index contributed by atoms with van der Waals surface area (Å²) in [5.74, 6) is 0.854. The van der Waals surface area contributed by atoms with Gasteiger partial charge in [-0.3, -0.25) is 4.98 Å². The van der Waals surface area contributed by atoms with E-state index in [1.54, 1.807) is 6.20 Å². The van der Waals surface area contributed by atoms with Crippen LogP contribution in [-0.4, -0.2) is 42.7 Å². The number of hydrogen-bond acceptors (Lipinski definition) is 4. The maximum Gasteiger partial charge on any atom is 0.139 e. The Labute approximate surface area is 109 Å². The summed E-state index contributed by atoms with van der Waals surface area (Å²) in [6, 6.07) is 2.56. The first-order valence-electron chi connectivity index (χ1n) is 6.81. The number of aromatic nitrogens is 1. The zero-order chi connectivity index (χ0) is 12.8. The van der Waals surface area contributed by atoms with Crippen molar-refractivity contribution in [2.75, 3.05) is 32.1 Å².